The third-order valence-corrected chi connectivity index (χ3v) is 5.95. The second kappa shape index (κ2) is 10.3. The molecule has 0 saturated heterocycles. The van der Waals surface area contributed by atoms with Crippen molar-refractivity contribution in [3.63, 3.8) is 0 Å². The molecular weight excluding hydrogens is 464 g/mol. The van der Waals surface area contributed by atoms with E-state index in [1.165, 1.54) is 6.92 Å². The first-order chi connectivity index (χ1) is 17.4. The van der Waals surface area contributed by atoms with Crippen LogP contribution in [0.3, 0.4) is 0 Å². The fourth-order valence-electron chi connectivity index (χ4n) is 4.41. The molecule has 36 heavy (non-hydrogen) atoms. The lowest BCUT2D eigenvalue weighted by atomic mass is 10.00. The lowest BCUT2D eigenvalue weighted by molar-refractivity contribution is -0.158. The number of rotatable bonds is 5. The molecule has 5 rings (SSSR count). The van der Waals surface area contributed by atoms with Crippen molar-refractivity contribution in [2.45, 2.75) is 40.0 Å². The normalized spacial score (nSPS) is 15.1. The second-order valence-electron chi connectivity index (χ2n) is 8.33. The van der Waals surface area contributed by atoms with E-state index in [2.05, 4.69) is 0 Å². The second-order valence-corrected chi connectivity index (χ2v) is 8.33. The van der Waals surface area contributed by atoms with Crippen LogP contribution in [-0.4, -0.2) is 51.9 Å². The summed E-state index contributed by atoms with van der Waals surface area (Å²) in [5.41, 5.74) is 8.58. The Bertz CT molecular complexity index is 1410. The number of cyclic esters (lactones) is 1. The first kappa shape index (κ1) is 25.1. The van der Waals surface area contributed by atoms with Gasteiger partial charge in [0.25, 0.3) is 5.56 Å². The Balaban J connectivity index is 0.00000148. The number of nitrogens with two attached hydrogens (primary N) is 1. The van der Waals surface area contributed by atoms with Gasteiger partial charge in [0.1, 0.15) is 12.4 Å². The van der Waals surface area contributed by atoms with Gasteiger partial charge in [-0.1, -0.05) is 32.0 Å². The molecule has 1 amide bonds. The van der Waals surface area contributed by atoms with E-state index in [4.69, 9.17) is 20.2 Å². The zero-order valence-corrected chi connectivity index (χ0v) is 20.4. The molecule has 2 aromatic heterocycles. The first-order valence-electron chi connectivity index (χ1n) is 11.8. The minimum absolute atomic E-state index is 0.0737. The van der Waals surface area contributed by atoms with Crippen molar-refractivity contribution in [1.29, 1.82) is 0 Å². The molecule has 188 valence electrons. The molecule has 0 saturated carbocycles. The maximum absolute atomic E-state index is 13.3. The van der Waals surface area contributed by atoms with Gasteiger partial charge in [0.2, 0.25) is 6.10 Å². The van der Waals surface area contributed by atoms with E-state index >= 15 is 0 Å². The van der Waals surface area contributed by atoms with Crippen LogP contribution in [0.25, 0.3) is 22.3 Å². The largest absolute Gasteiger partial charge is 0.458 e. The molecule has 0 fully saturated rings. The summed E-state index contributed by atoms with van der Waals surface area (Å²) in [6, 6.07) is 11.3. The standard InChI is InChI=1S/C24H22N4O6.C2H6/c1-13(29)10-27(7-6-25)24(32)34-21-16-9-19-20-15(8-14-4-2-3-5-18(14)26-20)11-28(19)22(30)17(16)12-33-23(21)31;1-2/h2-5,8-9,21H,6-7,10-12,25H2,1H3;1-2H3. The van der Waals surface area contributed by atoms with Crippen LogP contribution in [0.15, 0.2) is 41.2 Å². The monoisotopic (exact) mass is 492 g/mol. The summed E-state index contributed by atoms with van der Waals surface area (Å²) >= 11 is 0. The summed E-state index contributed by atoms with van der Waals surface area (Å²) in [4.78, 5) is 56.1. The molecule has 1 unspecified atom stereocenters. The number of hydrogen-bond acceptors (Lipinski definition) is 8. The molecule has 2 N–H and O–H groups in total. The van der Waals surface area contributed by atoms with Gasteiger partial charge in [-0.3, -0.25) is 14.5 Å². The molecule has 1 aromatic carbocycles. The summed E-state index contributed by atoms with van der Waals surface area (Å²) in [5.74, 6) is -1.05. The van der Waals surface area contributed by atoms with Crippen LogP contribution in [0.5, 0.6) is 0 Å². The van der Waals surface area contributed by atoms with Crippen LogP contribution in [0.1, 0.15) is 43.6 Å². The lowest BCUT2D eigenvalue weighted by Gasteiger charge is -2.27. The molecule has 0 radical (unpaired) electrons. The van der Waals surface area contributed by atoms with Crippen LogP contribution >= 0.6 is 0 Å². The predicted molar refractivity (Wildman–Crippen MR) is 132 cm³/mol. The van der Waals surface area contributed by atoms with Gasteiger partial charge in [-0.15, -0.1) is 0 Å². The Labute approximate surface area is 207 Å². The fraction of sp³-hybridized carbons (Fsp3) is 0.346. The number of nitrogens with zero attached hydrogens (tertiary/aromatic N) is 3. The minimum atomic E-state index is -1.44. The first-order valence-corrected chi connectivity index (χ1v) is 11.8. The van der Waals surface area contributed by atoms with Crippen LogP contribution in [0, 0.1) is 0 Å². The number of benzene rings is 1. The van der Waals surface area contributed by atoms with Gasteiger partial charge in [0.15, 0.2) is 0 Å². The topological polar surface area (TPSA) is 134 Å². The third-order valence-electron chi connectivity index (χ3n) is 5.95. The summed E-state index contributed by atoms with van der Waals surface area (Å²) in [7, 11) is 0. The van der Waals surface area contributed by atoms with Crippen molar-refractivity contribution in [3.05, 3.63) is 63.4 Å². The van der Waals surface area contributed by atoms with Crippen molar-refractivity contribution in [2.75, 3.05) is 19.6 Å². The van der Waals surface area contributed by atoms with E-state index in [1.54, 1.807) is 10.6 Å². The number of amides is 1. The Hall–Kier alpha value is -4.05. The van der Waals surface area contributed by atoms with Gasteiger partial charge in [-0.05, 0) is 25.1 Å². The summed E-state index contributed by atoms with van der Waals surface area (Å²) in [6.45, 7) is 5.44. The number of carbonyl (C=O) groups excluding carboxylic acids is 3. The SMILES string of the molecule is CC.CC(=O)CN(CCN)C(=O)OC1C(=O)OCc2c1cc1n(c2=O)Cc2cc3ccccc3nc2-1. The van der Waals surface area contributed by atoms with E-state index in [1.807, 2.05) is 44.2 Å². The average Bonchev–Trinajstić information content (AvgIpc) is 3.23. The van der Waals surface area contributed by atoms with E-state index in [9.17, 15) is 19.2 Å². The van der Waals surface area contributed by atoms with Crippen molar-refractivity contribution in [3.8, 4) is 11.4 Å². The highest BCUT2D eigenvalue weighted by atomic mass is 16.6. The Morgan fingerprint density at radius 1 is 1.22 bits per heavy atom. The maximum Gasteiger partial charge on any atom is 0.411 e. The number of fused-ring (bicyclic) bond motifs is 5. The highest BCUT2D eigenvalue weighted by Crippen LogP contribution is 2.36. The molecule has 4 heterocycles. The zero-order valence-electron chi connectivity index (χ0n) is 20.4. The summed E-state index contributed by atoms with van der Waals surface area (Å²) in [6.07, 6.45) is -2.33. The molecule has 0 aliphatic carbocycles. The van der Waals surface area contributed by atoms with Crippen molar-refractivity contribution >= 4 is 28.7 Å². The molecule has 10 nitrogen and oxygen atoms in total. The zero-order chi connectivity index (χ0) is 26.0. The summed E-state index contributed by atoms with van der Waals surface area (Å²) < 4.78 is 12.2. The number of carbonyl (C=O) groups is 3. The van der Waals surface area contributed by atoms with Gasteiger partial charge < -0.3 is 19.8 Å². The molecular formula is C26H28N4O6. The number of ketones is 1. The number of ether oxygens (including phenoxy) is 2. The van der Waals surface area contributed by atoms with Crippen molar-refractivity contribution in [2.24, 2.45) is 5.73 Å². The van der Waals surface area contributed by atoms with Gasteiger partial charge in [0, 0.05) is 29.6 Å². The molecule has 0 bridgehead atoms. The third kappa shape index (κ3) is 4.47. The average molecular weight is 493 g/mol. The molecule has 3 aromatic rings. The van der Waals surface area contributed by atoms with Crippen LogP contribution in [0.2, 0.25) is 0 Å². The van der Waals surface area contributed by atoms with E-state index in [0.717, 1.165) is 21.4 Å². The van der Waals surface area contributed by atoms with E-state index < -0.39 is 18.2 Å². The van der Waals surface area contributed by atoms with Gasteiger partial charge in [-0.2, -0.15) is 0 Å². The van der Waals surface area contributed by atoms with Crippen LogP contribution in [0.4, 0.5) is 4.79 Å². The Kier molecular flexibility index (Phi) is 7.16. The molecule has 0 spiro atoms. The number of pyridine rings is 2. The molecule has 10 heteroatoms. The molecule has 2 aliphatic heterocycles. The van der Waals surface area contributed by atoms with Crippen LogP contribution < -0.4 is 11.3 Å². The molecule has 1 atom stereocenters. The number of para-hydroxylation sites is 1. The lowest BCUT2D eigenvalue weighted by Crippen LogP contribution is -2.41. The number of esters is 1. The van der Waals surface area contributed by atoms with Gasteiger partial charge in [0.05, 0.1) is 35.6 Å². The smallest absolute Gasteiger partial charge is 0.411 e. The molecule has 2 aliphatic rings. The number of aromatic nitrogens is 2. The quantitative estimate of drug-likeness (QED) is 0.420. The van der Waals surface area contributed by atoms with E-state index in [0.29, 0.717) is 17.9 Å². The number of hydrogen-bond donors (Lipinski definition) is 1. The van der Waals surface area contributed by atoms with E-state index in [-0.39, 0.29) is 48.7 Å². The maximum atomic E-state index is 13.3. The minimum Gasteiger partial charge on any atom is -0.458 e. The highest BCUT2D eigenvalue weighted by molar-refractivity contribution is 5.86. The van der Waals surface area contributed by atoms with Gasteiger partial charge in [-0.25, -0.2) is 14.6 Å². The Morgan fingerprint density at radius 2 is 1.97 bits per heavy atom. The van der Waals surface area contributed by atoms with Crippen molar-refractivity contribution < 1.29 is 23.9 Å². The fourth-order valence-corrected chi connectivity index (χ4v) is 4.41. The van der Waals surface area contributed by atoms with Crippen molar-refractivity contribution in [1.82, 2.24) is 14.5 Å². The summed E-state index contributed by atoms with van der Waals surface area (Å²) in [5, 5.41) is 0.961. The number of Topliss-reactive ketones (excluding diaryl/α,β-unsaturated/α-hetero) is 1. The van der Waals surface area contributed by atoms with Gasteiger partial charge >= 0.3 is 12.1 Å². The van der Waals surface area contributed by atoms with Crippen LogP contribution in [-0.2, 0) is 32.2 Å². The predicted octanol–water partition coefficient (Wildman–Crippen LogP) is 2.54. The Morgan fingerprint density at radius 3 is 2.69 bits per heavy atom. The highest BCUT2D eigenvalue weighted by Gasteiger charge is 2.38.